The van der Waals surface area contributed by atoms with E-state index in [0.717, 1.165) is 0 Å². The van der Waals surface area contributed by atoms with Gasteiger partial charge in [-0.05, 0) is 44.7 Å². The van der Waals surface area contributed by atoms with Gasteiger partial charge in [0.05, 0.1) is 41.5 Å². The number of halogens is 1. The number of rotatable bonds is 10. The van der Waals surface area contributed by atoms with Crippen molar-refractivity contribution in [2.75, 3.05) is 24.7 Å². The first-order valence-corrected chi connectivity index (χ1v) is 13.5. The number of hydrogen-bond acceptors (Lipinski definition) is 6. The van der Waals surface area contributed by atoms with Gasteiger partial charge >= 0.3 is 5.97 Å². The van der Waals surface area contributed by atoms with Crippen LogP contribution in [0, 0.1) is 17.8 Å². The topological polar surface area (TPSA) is 96.4 Å². The maximum absolute atomic E-state index is 14.6. The van der Waals surface area contributed by atoms with E-state index in [0.29, 0.717) is 30.0 Å². The minimum absolute atomic E-state index is 0.0959. The summed E-state index contributed by atoms with van der Waals surface area (Å²) in [5, 5.41) is 10.8. The van der Waals surface area contributed by atoms with Crippen molar-refractivity contribution in [3.8, 4) is 0 Å². The van der Waals surface area contributed by atoms with Gasteiger partial charge in [-0.1, -0.05) is 50.1 Å². The van der Waals surface area contributed by atoms with Gasteiger partial charge in [0.25, 0.3) is 5.91 Å². The second-order valence-electron chi connectivity index (χ2n) is 10.5. The molecule has 0 aromatic heterocycles. The number of para-hydroxylation sites is 1. The van der Waals surface area contributed by atoms with Gasteiger partial charge < -0.3 is 24.4 Å². The Morgan fingerprint density at radius 3 is 2.65 bits per heavy atom. The second-order valence-corrected chi connectivity index (χ2v) is 11.0. The van der Waals surface area contributed by atoms with E-state index in [2.05, 4.69) is 6.58 Å². The van der Waals surface area contributed by atoms with Crippen molar-refractivity contribution in [2.45, 2.75) is 70.2 Å². The first-order chi connectivity index (χ1) is 17.6. The summed E-state index contributed by atoms with van der Waals surface area (Å²) in [5.74, 6) is -3.03. The molecule has 3 aliphatic heterocycles. The highest BCUT2D eigenvalue weighted by Gasteiger charge is 2.79. The van der Waals surface area contributed by atoms with Crippen LogP contribution in [0.15, 0.2) is 36.9 Å². The predicted octanol–water partition coefficient (Wildman–Crippen LogP) is 3.59. The van der Waals surface area contributed by atoms with Crippen molar-refractivity contribution in [3.05, 3.63) is 41.9 Å². The SMILES string of the molecule is C=CCN(C(=O)C1N([C@@H](CO)[C@@H](C)CC)C(=O)[C@@H]2[C@@H](C(=O)OCC)[C@@]3(C)CCC12O3)c1ccccc1Cl. The van der Waals surface area contributed by atoms with Gasteiger partial charge in [-0.2, -0.15) is 0 Å². The Morgan fingerprint density at radius 2 is 2.05 bits per heavy atom. The molecule has 7 atom stereocenters. The molecule has 0 aliphatic carbocycles. The number of aliphatic hydroxyl groups excluding tert-OH is 1. The van der Waals surface area contributed by atoms with E-state index in [1.165, 1.54) is 9.80 Å². The van der Waals surface area contributed by atoms with Gasteiger partial charge in [-0.3, -0.25) is 14.4 Å². The smallest absolute Gasteiger partial charge is 0.312 e. The van der Waals surface area contributed by atoms with Crippen LogP contribution in [-0.2, 0) is 23.9 Å². The summed E-state index contributed by atoms with van der Waals surface area (Å²) in [6, 6.07) is 5.33. The molecule has 4 rings (SSSR count). The fourth-order valence-electron chi connectivity index (χ4n) is 6.66. The number of carbonyl (C=O) groups excluding carboxylic acids is 3. The van der Waals surface area contributed by atoms with Gasteiger partial charge in [0.15, 0.2) is 0 Å². The van der Waals surface area contributed by atoms with E-state index < -0.39 is 41.1 Å². The van der Waals surface area contributed by atoms with Crippen LogP contribution in [0.1, 0.15) is 47.0 Å². The van der Waals surface area contributed by atoms with Crippen LogP contribution in [0.2, 0.25) is 5.02 Å². The number of hydrogen-bond donors (Lipinski definition) is 1. The molecule has 8 nitrogen and oxygen atoms in total. The van der Waals surface area contributed by atoms with Gasteiger partial charge in [0, 0.05) is 6.54 Å². The third kappa shape index (κ3) is 4.17. The Morgan fingerprint density at radius 1 is 1.35 bits per heavy atom. The number of ether oxygens (including phenoxy) is 2. The quantitative estimate of drug-likeness (QED) is 0.365. The maximum Gasteiger partial charge on any atom is 0.312 e. The van der Waals surface area contributed by atoms with Gasteiger partial charge in [-0.15, -0.1) is 6.58 Å². The molecule has 0 saturated carbocycles. The van der Waals surface area contributed by atoms with Gasteiger partial charge in [0.1, 0.15) is 17.6 Å². The number of nitrogens with zero attached hydrogens (tertiary/aromatic N) is 2. The number of anilines is 1. The molecule has 1 aromatic carbocycles. The fraction of sp³-hybridized carbons (Fsp3) is 0.607. The van der Waals surface area contributed by atoms with Crippen molar-refractivity contribution in [2.24, 2.45) is 17.8 Å². The van der Waals surface area contributed by atoms with E-state index in [4.69, 9.17) is 21.1 Å². The molecule has 3 aliphatic rings. The summed E-state index contributed by atoms with van der Waals surface area (Å²) >= 11 is 6.50. The molecule has 2 unspecified atom stereocenters. The van der Waals surface area contributed by atoms with Crippen molar-refractivity contribution in [1.29, 1.82) is 0 Å². The van der Waals surface area contributed by atoms with E-state index in [-0.39, 0.29) is 37.5 Å². The first kappa shape index (κ1) is 27.6. The van der Waals surface area contributed by atoms with Gasteiger partial charge in [0.2, 0.25) is 5.91 Å². The molecule has 1 aromatic rings. The summed E-state index contributed by atoms with van der Waals surface area (Å²) in [4.78, 5) is 45.0. The zero-order valence-corrected chi connectivity index (χ0v) is 22.7. The van der Waals surface area contributed by atoms with Crippen LogP contribution < -0.4 is 4.90 Å². The maximum atomic E-state index is 14.6. The molecular formula is C28H37ClN2O6. The predicted molar refractivity (Wildman–Crippen MR) is 140 cm³/mol. The number of carbonyl (C=O) groups is 3. The molecule has 3 heterocycles. The van der Waals surface area contributed by atoms with Crippen molar-refractivity contribution in [3.63, 3.8) is 0 Å². The van der Waals surface area contributed by atoms with E-state index in [1.807, 2.05) is 20.8 Å². The van der Waals surface area contributed by atoms with Crippen LogP contribution in [-0.4, -0.2) is 70.8 Å². The third-order valence-electron chi connectivity index (χ3n) is 8.56. The van der Waals surface area contributed by atoms with Crippen LogP contribution in [0.25, 0.3) is 0 Å². The number of aliphatic hydroxyl groups is 1. The number of fused-ring (bicyclic) bond motifs is 1. The number of benzene rings is 1. The molecular weight excluding hydrogens is 496 g/mol. The minimum atomic E-state index is -1.22. The number of amides is 2. The summed E-state index contributed by atoms with van der Waals surface area (Å²) in [7, 11) is 0. The highest BCUT2D eigenvalue weighted by Crippen LogP contribution is 2.64. The van der Waals surface area contributed by atoms with Crippen LogP contribution in [0.3, 0.4) is 0 Å². The Labute approximate surface area is 223 Å². The number of esters is 1. The largest absolute Gasteiger partial charge is 0.466 e. The van der Waals surface area contributed by atoms with Gasteiger partial charge in [-0.25, -0.2) is 0 Å². The average molecular weight is 533 g/mol. The number of likely N-dealkylation sites (tertiary alicyclic amines) is 1. The Balaban J connectivity index is 1.88. The molecule has 9 heteroatoms. The van der Waals surface area contributed by atoms with Crippen molar-refractivity contribution in [1.82, 2.24) is 4.90 Å². The summed E-state index contributed by atoms with van der Waals surface area (Å²) in [6.07, 6.45) is 3.24. The summed E-state index contributed by atoms with van der Waals surface area (Å²) in [6.45, 7) is 11.3. The summed E-state index contributed by atoms with van der Waals surface area (Å²) < 4.78 is 12.0. The first-order valence-electron chi connectivity index (χ1n) is 13.1. The Hall–Kier alpha value is -2.42. The normalized spacial score (nSPS) is 31.7. The molecule has 0 radical (unpaired) electrons. The molecule has 1 N–H and O–H groups in total. The zero-order chi connectivity index (χ0) is 27.1. The summed E-state index contributed by atoms with van der Waals surface area (Å²) in [5.41, 5.74) is -1.65. The Kier molecular flexibility index (Phi) is 7.75. The molecule has 2 bridgehead atoms. The molecule has 3 fully saturated rings. The average Bonchev–Trinajstić information content (AvgIpc) is 3.44. The molecule has 1 spiro atoms. The van der Waals surface area contributed by atoms with Crippen LogP contribution >= 0.6 is 11.6 Å². The Bertz CT molecular complexity index is 1080. The van der Waals surface area contributed by atoms with E-state index in [9.17, 15) is 19.5 Å². The molecule has 37 heavy (non-hydrogen) atoms. The monoisotopic (exact) mass is 532 g/mol. The van der Waals surface area contributed by atoms with E-state index >= 15 is 0 Å². The van der Waals surface area contributed by atoms with Crippen molar-refractivity contribution < 1.29 is 29.0 Å². The van der Waals surface area contributed by atoms with E-state index in [1.54, 1.807) is 37.3 Å². The minimum Gasteiger partial charge on any atom is -0.466 e. The third-order valence-corrected chi connectivity index (χ3v) is 8.87. The standard InChI is InChI=1S/C28H37ClN2O6/c1-6-15-30(19-12-10-9-11-18(19)29)25(34)23-28-14-13-27(5,37-28)22(26(35)36-8-3)21(28)24(33)31(23)20(16-32)17(4)7-2/h6,9-12,17,20-23,32H,1,7-8,13-16H2,2-5H3/t17-,20-,21-,22-,23?,27+,28?/m0/s1. The molecule has 202 valence electrons. The lowest BCUT2D eigenvalue weighted by Gasteiger charge is -2.41. The second kappa shape index (κ2) is 10.4. The molecule has 3 saturated heterocycles. The van der Waals surface area contributed by atoms with Crippen LogP contribution in [0.5, 0.6) is 0 Å². The van der Waals surface area contributed by atoms with Crippen molar-refractivity contribution >= 4 is 35.1 Å². The fourth-order valence-corrected chi connectivity index (χ4v) is 6.90. The zero-order valence-electron chi connectivity index (χ0n) is 22.0. The highest BCUT2D eigenvalue weighted by atomic mass is 35.5. The lowest BCUT2D eigenvalue weighted by Crippen LogP contribution is -2.60. The lowest BCUT2D eigenvalue weighted by molar-refractivity contribution is -0.160. The highest BCUT2D eigenvalue weighted by molar-refractivity contribution is 6.34. The van der Waals surface area contributed by atoms with Crippen LogP contribution in [0.4, 0.5) is 5.69 Å². The lowest BCUT2D eigenvalue weighted by atomic mass is 9.66. The molecule has 2 amide bonds.